The quantitative estimate of drug-likeness (QED) is 0.228. The van der Waals surface area contributed by atoms with Crippen molar-refractivity contribution in [2.24, 2.45) is 0 Å². The topological polar surface area (TPSA) is 187 Å². The fourth-order valence-corrected chi connectivity index (χ4v) is 3.15. The third kappa shape index (κ3) is 4.74. The van der Waals surface area contributed by atoms with Gasteiger partial charge in [-0.25, -0.2) is 0 Å². The molecule has 2 fully saturated rings. The highest BCUT2D eigenvalue weighted by Crippen LogP contribution is 2.29. The molecule has 0 aromatic rings. The van der Waals surface area contributed by atoms with Crippen LogP contribution in [-0.2, 0) is 23.7 Å². The van der Waals surface area contributed by atoms with E-state index >= 15 is 0 Å². The standard InChI is InChI=1S/C15H27NO11/c1-5(19)16-8-13(10(21)7(4-18)25-14(8)24-2)27-15-12(23)11(22)9(20)6(3-17)26-15/h6-15,17-18,20-23H,3-4H2,1-2H3,(H,16,19). The molecule has 2 aliphatic rings. The van der Waals surface area contributed by atoms with Crippen molar-refractivity contribution in [1.29, 1.82) is 0 Å². The lowest BCUT2D eigenvalue weighted by Crippen LogP contribution is -2.68. The number of aliphatic hydroxyl groups is 6. The number of carbonyl (C=O) groups is 1. The van der Waals surface area contributed by atoms with E-state index < -0.39 is 80.5 Å². The Morgan fingerprint density at radius 2 is 1.48 bits per heavy atom. The maximum Gasteiger partial charge on any atom is 0.217 e. The molecule has 0 radical (unpaired) electrons. The molecule has 10 unspecified atom stereocenters. The van der Waals surface area contributed by atoms with Crippen molar-refractivity contribution in [2.45, 2.75) is 68.3 Å². The van der Waals surface area contributed by atoms with Crippen LogP contribution in [0.15, 0.2) is 0 Å². The fraction of sp³-hybridized carbons (Fsp3) is 0.933. The first-order valence-corrected chi connectivity index (χ1v) is 8.45. The van der Waals surface area contributed by atoms with Gasteiger partial charge in [0.25, 0.3) is 0 Å². The smallest absolute Gasteiger partial charge is 0.217 e. The lowest BCUT2D eigenvalue weighted by Gasteiger charge is -2.47. The number of amides is 1. The van der Waals surface area contributed by atoms with Gasteiger partial charge in [0.15, 0.2) is 12.6 Å². The number of aliphatic hydroxyl groups excluding tert-OH is 6. The van der Waals surface area contributed by atoms with Crippen LogP contribution < -0.4 is 5.32 Å². The Morgan fingerprint density at radius 3 is 2.00 bits per heavy atom. The summed E-state index contributed by atoms with van der Waals surface area (Å²) in [6.07, 6.45) is -12.7. The van der Waals surface area contributed by atoms with E-state index in [2.05, 4.69) is 5.32 Å². The summed E-state index contributed by atoms with van der Waals surface area (Å²) in [6.45, 7) is -0.0132. The highest BCUT2D eigenvalue weighted by molar-refractivity contribution is 5.73. The van der Waals surface area contributed by atoms with Gasteiger partial charge in [0.1, 0.15) is 48.8 Å². The number of nitrogens with one attached hydrogen (secondary N) is 1. The first-order valence-electron chi connectivity index (χ1n) is 8.45. The zero-order valence-electron chi connectivity index (χ0n) is 14.9. The van der Waals surface area contributed by atoms with Gasteiger partial charge in [-0.2, -0.15) is 0 Å². The van der Waals surface area contributed by atoms with E-state index in [9.17, 15) is 35.4 Å². The van der Waals surface area contributed by atoms with Crippen LogP contribution in [0.1, 0.15) is 6.92 Å². The average Bonchev–Trinajstić information content (AvgIpc) is 2.64. The lowest BCUT2D eigenvalue weighted by molar-refractivity contribution is -0.343. The number of methoxy groups -OCH3 is 1. The number of carbonyl (C=O) groups excluding carboxylic acids is 1. The molecule has 0 aromatic carbocycles. The molecule has 7 N–H and O–H groups in total. The molecule has 0 saturated carbocycles. The Balaban J connectivity index is 2.25. The summed E-state index contributed by atoms with van der Waals surface area (Å²) in [5.41, 5.74) is 0. The van der Waals surface area contributed by atoms with E-state index in [0.29, 0.717) is 0 Å². The minimum absolute atomic E-state index is 0.484. The van der Waals surface area contributed by atoms with Crippen molar-refractivity contribution in [2.75, 3.05) is 20.3 Å². The monoisotopic (exact) mass is 397 g/mol. The predicted octanol–water partition coefficient (Wildman–Crippen LogP) is -4.60. The first-order chi connectivity index (χ1) is 12.7. The Morgan fingerprint density at radius 1 is 0.926 bits per heavy atom. The van der Waals surface area contributed by atoms with Crippen molar-refractivity contribution >= 4 is 5.91 Å². The second-order valence-corrected chi connectivity index (χ2v) is 6.48. The fourth-order valence-electron chi connectivity index (χ4n) is 3.15. The molecule has 2 aliphatic heterocycles. The third-order valence-electron chi connectivity index (χ3n) is 4.60. The molecule has 0 aromatic heterocycles. The van der Waals surface area contributed by atoms with Crippen LogP contribution in [0.2, 0.25) is 0 Å². The van der Waals surface area contributed by atoms with Crippen LogP contribution >= 0.6 is 0 Å². The van der Waals surface area contributed by atoms with E-state index in [1.165, 1.54) is 14.0 Å². The molecule has 2 rings (SSSR count). The Hall–Kier alpha value is -0.930. The van der Waals surface area contributed by atoms with Gasteiger partial charge in [-0.1, -0.05) is 0 Å². The second-order valence-electron chi connectivity index (χ2n) is 6.48. The van der Waals surface area contributed by atoms with Gasteiger partial charge >= 0.3 is 0 Å². The zero-order valence-corrected chi connectivity index (χ0v) is 14.9. The van der Waals surface area contributed by atoms with Gasteiger partial charge < -0.3 is 54.9 Å². The molecule has 0 aliphatic carbocycles. The van der Waals surface area contributed by atoms with Crippen molar-refractivity contribution in [3.8, 4) is 0 Å². The molecule has 1 amide bonds. The van der Waals surface area contributed by atoms with Crippen molar-refractivity contribution in [3.63, 3.8) is 0 Å². The molecule has 158 valence electrons. The molecule has 2 heterocycles. The van der Waals surface area contributed by atoms with Gasteiger partial charge in [-0.3, -0.25) is 4.79 Å². The van der Waals surface area contributed by atoms with E-state index in [1.807, 2.05) is 0 Å². The van der Waals surface area contributed by atoms with E-state index in [4.69, 9.17) is 18.9 Å². The normalized spacial score (nSPS) is 45.5. The largest absolute Gasteiger partial charge is 0.394 e. The number of rotatable bonds is 6. The van der Waals surface area contributed by atoms with Crippen LogP contribution in [0.5, 0.6) is 0 Å². The van der Waals surface area contributed by atoms with E-state index in [1.54, 1.807) is 0 Å². The Labute approximate surface area is 155 Å². The van der Waals surface area contributed by atoms with Gasteiger partial charge in [0, 0.05) is 14.0 Å². The summed E-state index contributed by atoms with van der Waals surface area (Å²) in [5, 5.41) is 61.5. The molecule has 0 bridgehead atoms. The molecule has 10 atom stereocenters. The predicted molar refractivity (Wildman–Crippen MR) is 85.0 cm³/mol. The second kappa shape index (κ2) is 9.52. The highest BCUT2D eigenvalue weighted by atomic mass is 16.7. The summed E-state index contributed by atoms with van der Waals surface area (Å²) < 4.78 is 21.4. The molecule has 0 spiro atoms. The Bertz CT molecular complexity index is 492. The van der Waals surface area contributed by atoms with Crippen LogP contribution in [0.4, 0.5) is 0 Å². The molecule has 12 heteroatoms. The van der Waals surface area contributed by atoms with Crippen molar-refractivity contribution in [3.05, 3.63) is 0 Å². The summed E-state index contributed by atoms with van der Waals surface area (Å²) in [7, 11) is 1.29. The molecule has 2 saturated heterocycles. The average molecular weight is 397 g/mol. The maximum absolute atomic E-state index is 11.5. The number of ether oxygens (including phenoxy) is 4. The number of hydrogen-bond donors (Lipinski definition) is 7. The summed E-state index contributed by atoms with van der Waals surface area (Å²) in [4.78, 5) is 11.5. The van der Waals surface area contributed by atoms with Gasteiger partial charge in [0.2, 0.25) is 5.91 Å². The minimum atomic E-state index is -1.70. The van der Waals surface area contributed by atoms with Crippen LogP contribution in [0.3, 0.4) is 0 Å². The van der Waals surface area contributed by atoms with Crippen molar-refractivity contribution < 1.29 is 54.4 Å². The van der Waals surface area contributed by atoms with Gasteiger partial charge in [0.05, 0.1) is 13.2 Å². The van der Waals surface area contributed by atoms with Crippen molar-refractivity contribution in [1.82, 2.24) is 5.32 Å². The molecular weight excluding hydrogens is 370 g/mol. The Kier molecular flexibility index (Phi) is 7.88. The minimum Gasteiger partial charge on any atom is -0.394 e. The summed E-state index contributed by atoms with van der Waals surface area (Å²) >= 11 is 0. The lowest BCUT2D eigenvalue weighted by atomic mass is 9.95. The molecular formula is C15H27NO11. The molecule has 27 heavy (non-hydrogen) atoms. The highest BCUT2D eigenvalue weighted by Gasteiger charge is 2.51. The third-order valence-corrected chi connectivity index (χ3v) is 4.60. The van der Waals surface area contributed by atoms with Gasteiger partial charge in [-0.15, -0.1) is 0 Å². The summed E-state index contributed by atoms with van der Waals surface area (Å²) in [6, 6.07) is -1.04. The van der Waals surface area contributed by atoms with E-state index in [0.717, 1.165) is 0 Å². The maximum atomic E-state index is 11.5. The van der Waals surface area contributed by atoms with Crippen LogP contribution in [0, 0.1) is 0 Å². The summed E-state index contributed by atoms with van der Waals surface area (Å²) in [5.74, 6) is -0.484. The van der Waals surface area contributed by atoms with Gasteiger partial charge in [-0.05, 0) is 0 Å². The first kappa shape index (κ1) is 22.4. The molecule has 12 nitrogen and oxygen atoms in total. The SMILES string of the molecule is COC1OC(CO)C(O)C(OC2OC(CO)C(O)C(O)C2O)C1NC(C)=O. The zero-order chi connectivity index (χ0) is 20.3. The number of hydrogen-bond acceptors (Lipinski definition) is 11. The van der Waals surface area contributed by atoms with Crippen LogP contribution in [0.25, 0.3) is 0 Å². The van der Waals surface area contributed by atoms with E-state index in [-0.39, 0.29) is 0 Å². The van der Waals surface area contributed by atoms with Crippen LogP contribution in [-0.4, -0.2) is 118 Å².